The molecule has 1 aromatic heterocycles. The number of esters is 1. The predicted molar refractivity (Wildman–Crippen MR) is 41.1 cm³/mol. The molecule has 0 aliphatic carbocycles. The molecule has 1 unspecified atom stereocenters. The molecule has 0 aliphatic heterocycles. The zero-order valence-electron chi connectivity index (χ0n) is 5.98. The largest absolute Gasteiger partial charge is 0.468 e. The van der Waals surface area contributed by atoms with Crippen molar-refractivity contribution in [1.29, 1.82) is 0 Å². The van der Waals surface area contributed by atoms with Crippen LogP contribution in [0, 0.1) is 0 Å². The highest BCUT2D eigenvalue weighted by molar-refractivity contribution is 7.03. The van der Waals surface area contributed by atoms with E-state index in [-0.39, 0.29) is 0 Å². The van der Waals surface area contributed by atoms with Gasteiger partial charge in [-0.1, -0.05) is 0 Å². The molecule has 0 saturated carbocycles. The van der Waals surface area contributed by atoms with Gasteiger partial charge in [-0.2, -0.15) is 4.37 Å². The first kappa shape index (κ1) is 8.16. The fourth-order valence-electron chi connectivity index (χ4n) is 0.630. The number of carbonyl (C=O) groups is 1. The van der Waals surface area contributed by atoms with E-state index in [1.54, 1.807) is 11.4 Å². The molecule has 0 saturated heterocycles. The zero-order chi connectivity index (χ0) is 8.27. The number of rotatable bonds is 2. The molecule has 2 N–H and O–H groups in total. The Hall–Kier alpha value is -0.940. The lowest BCUT2D eigenvalue weighted by Gasteiger charge is -2.04. The van der Waals surface area contributed by atoms with Crippen LogP contribution < -0.4 is 5.73 Å². The molecule has 1 aromatic rings. The molecular weight excluding hydrogens is 164 g/mol. The SMILES string of the molecule is COC(=O)C(N)c1ccsn1. The molecule has 4 nitrogen and oxygen atoms in total. The van der Waals surface area contributed by atoms with E-state index in [0.29, 0.717) is 5.69 Å². The second-order valence-electron chi connectivity index (χ2n) is 1.93. The number of carbonyl (C=O) groups excluding carboxylic acids is 1. The average Bonchev–Trinajstić information content (AvgIpc) is 2.53. The molecule has 0 radical (unpaired) electrons. The van der Waals surface area contributed by atoms with Crippen molar-refractivity contribution >= 4 is 17.5 Å². The fourth-order valence-corrected chi connectivity index (χ4v) is 1.19. The summed E-state index contributed by atoms with van der Waals surface area (Å²) in [7, 11) is 1.30. The van der Waals surface area contributed by atoms with Crippen LogP contribution in [0.1, 0.15) is 11.7 Å². The average molecular weight is 172 g/mol. The summed E-state index contributed by atoms with van der Waals surface area (Å²) in [5.74, 6) is -0.462. The summed E-state index contributed by atoms with van der Waals surface area (Å²) in [6.07, 6.45) is 0. The van der Waals surface area contributed by atoms with E-state index < -0.39 is 12.0 Å². The van der Waals surface area contributed by atoms with Crippen molar-refractivity contribution in [2.45, 2.75) is 6.04 Å². The zero-order valence-corrected chi connectivity index (χ0v) is 6.80. The Labute approximate surface area is 68.1 Å². The van der Waals surface area contributed by atoms with E-state index in [4.69, 9.17) is 5.73 Å². The molecule has 0 fully saturated rings. The quantitative estimate of drug-likeness (QED) is 0.652. The summed E-state index contributed by atoms with van der Waals surface area (Å²) in [4.78, 5) is 10.8. The maximum Gasteiger partial charge on any atom is 0.328 e. The van der Waals surface area contributed by atoms with Crippen LogP contribution in [-0.2, 0) is 9.53 Å². The van der Waals surface area contributed by atoms with Gasteiger partial charge < -0.3 is 10.5 Å². The first-order valence-corrected chi connectivity index (χ1v) is 3.83. The molecular formula is C6H8N2O2S. The molecule has 0 amide bonds. The van der Waals surface area contributed by atoms with Gasteiger partial charge in [-0.05, 0) is 17.6 Å². The highest BCUT2D eigenvalue weighted by atomic mass is 32.1. The molecule has 0 spiro atoms. The predicted octanol–water partition coefficient (Wildman–Crippen LogP) is 0.316. The van der Waals surface area contributed by atoms with E-state index in [0.717, 1.165) is 0 Å². The van der Waals surface area contributed by atoms with Crippen LogP contribution in [0.5, 0.6) is 0 Å². The highest BCUT2D eigenvalue weighted by Gasteiger charge is 2.17. The number of nitrogens with zero attached hydrogens (tertiary/aromatic N) is 1. The second kappa shape index (κ2) is 3.45. The number of aromatic nitrogens is 1. The van der Waals surface area contributed by atoms with Crippen LogP contribution in [0.4, 0.5) is 0 Å². The van der Waals surface area contributed by atoms with Gasteiger partial charge in [-0.15, -0.1) is 0 Å². The Morgan fingerprint density at radius 1 is 1.91 bits per heavy atom. The standard InChI is InChI=1S/C6H8N2O2S/c1-10-6(9)5(7)4-2-3-11-8-4/h2-3,5H,7H2,1H3. The van der Waals surface area contributed by atoms with E-state index in [9.17, 15) is 4.79 Å². The lowest BCUT2D eigenvalue weighted by Crippen LogP contribution is -2.22. The fraction of sp³-hybridized carbons (Fsp3) is 0.333. The van der Waals surface area contributed by atoms with Crippen LogP contribution in [0.25, 0.3) is 0 Å². The van der Waals surface area contributed by atoms with Crippen molar-refractivity contribution in [2.24, 2.45) is 5.73 Å². The van der Waals surface area contributed by atoms with E-state index >= 15 is 0 Å². The third kappa shape index (κ3) is 1.75. The van der Waals surface area contributed by atoms with Crippen LogP contribution >= 0.6 is 11.5 Å². The summed E-state index contributed by atoms with van der Waals surface area (Å²) in [5.41, 5.74) is 6.02. The molecule has 1 atom stereocenters. The Morgan fingerprint density at radius 2 is 2.64 bits per heavy atom. The molecule has 11 heavy (non-hydrogen) atoms. The smallest absolute Gasteiger partial charge is 0.328 e. The first-order valence-electron chi connectivity index (χ1n) is 2.99. The van der Waals surface area contributed by atoms with E-state index in [1.807, 2.05) is 0 Å². The van der Waals surface area contributed by atoms with Crippen LogP contribution in [0.15, 0.2) is 11.4 Å². The first-order chi connectivity index (χ1) is 5.25. The van der Waals surface area contributed by atoms with Crippen LogP contribution in [-0.4, -0.2) is 17.5 Å². The van der Waals surface area contributed by atoms with Crippen LogP contribution in [0.2, 0.25) is 0 Å². The van der Waals surface area contributed by atoms with Crippen molar-refractivity contribution in [3.05, 3.63) is 17.1 Å². The molecule has 0 aliphatic rings. The summed E-state index contributed by atoms with van der Waals surface area (Å²) in [6, 6.07) is 0.956. The lowest BCUT2D eigenvalue weighted by molar-refractivity contribution is -0.142. The highest BCUT2D eigenvalue weighted by Crippen LogP contribution is 2.10. The molecule has 0 bridgehead atoms. The van der Waals surface area contributed by atoms with Gasteiger partial charge in [0.1, 0.15) is 6.04 Å². The maximum absolute atomic E-state index is 10.8. The van der Waals surface area contributed by atoms with Gasteiger partial charge >= 0.3 is 5.97 Å². The van der Waals surface area contributed by atoms with Gasteiger partial charge in [0.2, 0.25) is 0 Å². The molecule has 1 heterocycles. The number of hydrogen-bond donors (Lipinski definition) is 1. The molecule has 0 aromatic carbocycles. The van der Waals surface area contributed by atoms with Crippen LogP contribution in [0.3, 0.4) is 0 Å². The van der Waals surface area contributed by atoms with Gasteiger partial charge in [0.05, 0.1) is 12.8 Å². The Kier molecular flexibility index (Phi) is 2.56. The van der Waals surface area contributed by atoms with Gasteiger partial charge in [0, 0.05) is 5.38 Å². The van der Waals surface area contributed by atoms with E-state index in [1.165, 1.54) is 18.6 Å². The molecule has 1 rings (SSSR count). The van der Waals surface area contributed by atoms with Gasteiger partial charge in [-0.3, -0.25) is 0 Å². The van der Waals surface area contributed by atoms with Crippen molar-refractivity contribution < 1.29 is 9.53 Å². The Morgan fingerprint density at radius 3 is 3.09 bits per heavy atom. The summed E-state index contributed by atoms with van der Waals surface area (Å²) in [5, 5.41) is 1.76. The summed E-state index contributed by atoms with van der Waals surface area (Å²) < 4.78 is 8.34. The van der Waals surface area contributed by atoms with Gasteiger partial charge in [0.15, 0.2) is 0 Å². The minimum absolute atomic E-state index is 0.462. The second-order valence-corrected chi connectivity index (χ2v) is 2.59. The van der Waals surface area contributed by atoms with Crippen molar-refractivity contribution in [3.8, 4) is 0 Å². The lowest BCUT2D eigenvalue weighted by atomic mass is 10.2. The van der Waals surface area contributed by atoms with Crippen molar-refractivity contribution in [2.75, 3.05) is 7.11 Å². The summed E-state index contributed by atoms with van der Waals surface area (Å²) >= 11 is 1.26. The number of nitrogens with two attached hydrogens (primary N) is 1. The maximum atomic E-state index is 10.8. The monoisotopic (exact) mass is 172 g/mol. The summed E-state index contributed by atoms with van der Waals surface area (Å²) in [6.45, 7) is 0. The van der Waals surface area contributed by atoms with E-state index in [2.05, 4.69) is 9.11 Å². The Bertz CT molecular complexity index is 235. The Balaban J connectivity index is 2.70. The minimum atomic E-state index is -0.744. The third-order valence-corrected chi connectivity index (χ3v) is 1.81. The minimum Gasteiger partial charge on any atom is -0.468 e. The topological polar surface area (TPSA) is 65.2 Å². The third-order valence-electron chi connectivity index (χ3n) is 1.23. The normalized spacial score (nSPS) is 12.5. The number of ether oxygens (including phenoxy) is 1. The van der Waals surface area contributed by atoms with Gasteiger partial charge in [0.25, 0.3) is 0 Å². The number of methoxy groups -OCH3 is 1. The molecule has 60 valence electrons. The number of hydrogen-bond acceptors (Lipinski definition) is 5. The molecule has 5 heteroatoms. The van der Waals surface area contributed by atoms with Crippen molar-refractivity contribution in [1.82, 2.24) is 4.37 Å². The van der Waals surface area contributed by atoms with Crippen molar-refractivity contribution in [3.63, 3.8) is 0 Å². The van der Waals surface area contributed by atoms with Gasteiger partial charge in [-0.25, -0.2) is 4.79 Å².